The first-order valence-electron chi connectivity index (χ1n) is 8.29. The Bertz CT molecular complexity index is 1210. The molecule has 0 saturated carbocycles. The Labute approximate surface area is 158 Å². The smallest absolute Gasteiger partial charge is 0.308 e. The molecule has 0 spiro atoms. The molecule has 2 aromatic carbocycles. The number of thiazole rings is 1. The van der Waals surface area contributed by atoms with Gasteiger partial charge in [-0.25, -0.2) is 4.98 Å². The van der Waals surface area contributed by atoms with E-state index < -0.39 is 5.97 Å². The number of ether oxygens (including phenoxy) is 1. The molecule has 27 heavy (non-hydrogen) atoms. The van der Waals surface area contributed by atoms with Gasteiger partial charge in [-0.2, -0.15) is 0 Å². The molecule has 2 heterocycles. The number of aryl methyl sites for hydroxylation is 1. The maximum absolute atomic E-state index is 13.1. The molecule has 0 bridgehead atoms. The third-order valence-corrected chi connectivity index (χ3v) is 4.93. The molecule has 0 saturated heterocycles. The van der Waals surface area contributed by atoms with Gasteiger partial charge < -0.3 is 9.15 Å². The number of hydrogen-bond donors (Lipinski definition) is 0. The van der Waals surface area contributed by atoms with Gasteiger partial charge in [0.05, 0.1) is 11.3 Å². The Balaban J connectivity index is 1.87. The lowest BCUT2D eigenvalue weighted by Crippen LogP contribution is -2.10. The molecular formula is C21H15NO4S. The molecule has 0 N–H and O–H groups in total. The fourth-order valence-electron chi connectivity index (χ4n) is 2.87. The largest absolute Gasteiger partial charge is 0.463 e. The van der Waals surface area contributed by atoms with E-state index in [0.29, 0.717) is 16.8 Å². The van der Waals surface area contributed by atoms with Gasteiger partial charge in [-0.1, -0.05) is 30.3 Å². The first-order valence-corrected chi connectivity index (χ1v) is 9.17. The lowest BCUT2D eigenvalue weighted by molar-refractivity contribution is -0.131. The number of hydrogen-bond acceptors (Lipinski definition) is 6. The monoisotopic (exact) mass is 377 g/mol. The van der Waals surface area contributed by atoms with Crippen molar-refractivity contribution in [1.82, 2.24) is 4.98 Å². The van der Waals surface area contributed by atoms with Gasteiger partial charge in [-0.15, -0.1) is 11.3 Å². The van der Waals surface area contributed by atoms with Gasteiger partial charge in [0, 0.05) is 17.9 Å². The zero-order valence-corrected chi connectivity index (χ0v) is 15.5. The van der Waals surface area contributed by atoms with E-state index in [-0.39, 0.29) is 16.6 Å². The fourth-order valence-corrected chi connectivity index (χ4v) is 3.70. The van der Waals surface area contributed by atoms with E-state index in [1.165, 1.54) is 24.5 Å². The van der Waals surface area contributed by atoms with Gasteiger partial charge in [-0.3, -0.25) is 9.59 Å². The van der Waals surface area contributed by atoms with Crippen molar-refractivity contribution in [3.05, 3.63) is 69.9 Å². The lowest BCUT2D eigenvalue weighted by atomic mass is 10.1. The number of nitrogens with zero attached hydrogens (tertiary/aromatic N) is 1. The zero-order chi connectivity index (χ0) is 19.0. The molecule has 6 heteroatoms. The summed E-state index contributed by atoms with van der Waals surface area (Å²) in [7, 11) is 0. The van der Waals surface area contributed by atoms with Crippen LogP contribution in [0.5, 0.6) is 5.75 Å². The van der Waals surface area contributed by atoms with Crippen LogP contribution in [0.4, 0.5) is 0 Å². The number of rotatable bonds is 3. The molecule has 0 aliphatic rings. The average Bonchev–Trinajstić information content (AvgIpc) is 3.11. The minimum absolute atomic E-state index is 0.201. The molecule has 0 aliphatic heterocycles. The van der Waals surface area contributed by atoms with Crippen molar-refractivity contribution < 1.29 is 13.9 Å². The Hall–Kier alpha value is -3.25. The maximum Gasteiger partial charge on any atom is 0.308 e. The first kappa shape index (κ1) is 17.2. The molecule has 134 valence electrons. The standard InChI is InChI=1S/C21H15NO4S/c1-12-8-17-19(18(9-12)26-13(2)23)20(24)15(10-25-17)16-11-27-21(22-16)14-6-4-3-5-7-14/h3-11H,1-2H3. The molecule has 0 fully saturated rings. The summed E-state index contributed by atoms with van der Waals surface area (Å²) in [4.78, 5) is 29.1. The molecule has 5 nitrogen and oxygen atoms in total. The van der Waals surface area contributed by atoms with Crippen LogP contribution in [-0.4, -0.2) is 11.0 Å². The summed E-state index contributed by atoms with van der Waals surface area (Å²) in [5, 5.41) is 2.87. The van der Waals surface area contributed by atoms with Gasteiger partial charge in [0.15, 0.2) is 0 Å². The van der Waals surface area contributed by atoms with Crippen LogP contribution in [-0.2, 0) is 4.79 Å². The van der Waals surface area contributed by atoms with Crippen molar-refractivity contribution in [3.8, 4) is 27.6 Å². The van der Waals surface area contributed by atoms with Crippen LogP contribution in [0.25, 0.3) is 32.8 Å². The van der Waals surface area contributed by atoms with Crippen molar-refractivity contribution in [2.45, 2.75) is 13.8 Å². The summed E-state index contributed by atoms with van der Waals surface area (Å²) in [5.74, 6) is -0.293. The Morgan fingerprint density at radius 3 is 2.70 bits per heavy atom. The normalized spacial score (nSPS) is 10.9. The highest BCUT2D eigenvalue weighted by Crippen LogP contribution is 2.31. The summed E-state index contributed by atoms with van der Waals surface area (Å²) in [5.41, 5.74) is 2.77. The quantitative estimate of drug-likeness (QED) is 0.378. The summed E-state index contributed by atoms with van der Waals surface area (Å²) >= 11 is 1.45. The predicted octanol–water partition coefficient (Wildman–Crippen LogP) is 4.82. The lowest BCUT2D eigenvalue weighted by Gasteiger charge is -2.07. The van der Waals surface area contributed by atoms with Gasteiger partial charge >= 0.3 is 5.97 Å². The first-order chi connectivity index (χ1) is 13.0. The molecule has 0 aliphatic carbocycles. The second-order valence-electron chi connectivity index (χ2n) is 6.11. The van der Waals surface area contributed by atoms with E-state index in [1.807, 2.05) is 42.6 Å². The van der Waals surface area contributed by atoms with E-state index in [0.717, 1.165) is 16.1 Å². The Kier molecular flexibility index (Phi) is 4.33. The third-order valence-electron chi connectivity index (χ3n) is 4.04. The highest BCUT2D eigenvalue weighted by atomic mass is 32.1. The molecule has 4 rings (SSSR count). The second kappa shape index (κ2) is 6.81. The Morgan fingerprint density at radius 1 is 1.19 bits per heavy atom. The number of carbonyl (C=O) groups excluding carboxylic acids is 1. The van der Waals surface area contributed by atoms with Crippen molar-refractivity contribution in [2.75, 3.05) is 0 Å². The van der Waals surface area contributed by atoms with Gasteiger partial charge in [0.2, 0.25) is 5.43 Å². The second-order valence-corrected chi connectivity index (χ2v) is 6.97. The molecule has 0 amide bonds. The highest BCUT2D eigenvalue weighted by molar-refractivity contribution is 7.13. The minimum atomic E-state index is -0.494. The maximum atomic E-state index is 13.1. The zero-order valence-electron chi connectivity index (χ0n) is 14.7. The minimum Gasteiger partial charge on any atom is -0.463 e. The summed E-state index contributed by atoms with van der Waals surface area (Å²) in [6, 6.07) is 13.1. The van der Waals surface area contributed by atoms with Crippen molar-refractivity contribution in [2.24, 2.45) is 0 Å². The molecule has 2 aromatic heterocycles. The van der Waals surface area contributed by atoms with Crippen molar-refractivity contribution >= 4 is 28.3 Å². The molecule has 4 aromatic rings. The Morgan fingerprint density at radius 2 is 1.96 bits per heavy atom. The van der Waals surface area contributed by atoms with Crippen LogP contribution in [0.15, 0.2) is 63.3 Å². The van der Waals surface area contributed by atoms with E-state index in [9.17, 15) is 9.59 Å². The van der Waals surface area contributed by atoms with Crippen molar-refractivity contribution in [3.63, 3.8) is 0 Å². The topological polar surface area (TPSA) is 69.4 Å². The highest BCUT2D eigenvalue weighted by Gasteiger charge is 2.17. The van der Waals surface area contributed by atoms with E-state index in [1.54, 1.807) is 12.1 Å². The van der Waals surface area contributed by atoms with Gasteiger partial charge in [0.25, 0.3) is 0 Å². The van der Waals surface area contributed by atoms with E-state index in [4.69, 9.17) is 9.15 Å². The van der Waals surface area contributed by atoms with Crippen LogP contribution in [0, 0.1) is 6.92 Å². The van der Waals surface area contributed by atoms with E-state index >= 15 is 0 Å². The van der Waals surface area contributed by atoms with Crippen molar-refractivity contribution in [1.29, 1.82) is 0 Å². The molecule has 0 radical (unpaired) electrons. The van der Waals surface area contributed by atoms with Crippen LogP contribution in [0.1, 0.15) is 12.5 Å². The summed E-state index contributed by atoms with van der Waals surface area (Å²) < 4.78 is 10.9. The molecular weight excluding hydrogens is 362 g/mol. The molecule has 0 atom stereocenters. The number of fused-ring (bicyclic) bond motifs is 1. The predicted molar refractivity (Wildman–Crippen MR) is 105 cm³/mol. The van der Waals surface area contributed by atoms with Crippen LogP contribution >= 0.6 is 11.3 Å². The fraction of sp³-hybridized carbons (Fsp3) is 0.0952. The number of carbonyl (C=O) groups is 1. The summed E-state index contributed by atoms with van der Waals surface area (Å²) in [6.07, 6.45) is 1.41. The van der Waals surface area contributed by atoms with Crippen LogP contribution in [0.3, 0.4) is 0 Å². The van der Waals surface area contributed by atoms with Crippen LogP contribution < -0.4 is 10.2 Å². The van der Waals surface area contributed by atoms with E-state index in [2.05, 4.69) is 4.98 Å². The molecule has 0 unspecified atom stereocenters. The number of benzene rings is 2. The van der Waals surface area contributed by atoms with Gasteiger partial charge in [-0.05, 0) is 24.6 Å². The SMILES string of the molecule is CC(=O)Oc1cc(C)cc2occ(-c3csc(-c4ccccc4)n3)c(=O)c12. The average molecular weight is 377 g/mol. The van der Waals surface area contributed by atoms with Crippen LogP contribution in [0.2, 0.25) is 0 Å². The summed E-state index contributed by atoms with van der Waals surface area (Å²) in [6.45, 7) is 3.14. The number of esters is 1. The van der Waals surface area contributed by atoms with Gasteiger partial charge in [0.1, 0.15) is 28.0 Å². The number of aromatic nitrogens is 1. The third kappa shape index (κ3) is 3.27.